The number of hydrogen-bond acceptors (Lipinski definition) is 3. The highest BCUT2D eigenvalue weighted by atomic mass is 16.1. The van der Waals surface area contributed by atoms with Crippen LogP contribution in [0.15, 0.2) is 18.5 Å². The first-order chi connectivity index (χ1) is 5.77. The van der Waals surface area contributed by atoms with Gasteiger partial charge in [-0.1, -0.05) is 0 Å². The summed E-state index contributed by atoms with van der Waals surface area (Å²) in [6.45, 7) is 0.401. The van der Waals surface area contributed by atoms with E-state index in [0.29, 0.717) is 12.1 Å². The first kappa shape index (κ1) is 8.67. The van der Waals surface area contributed by atoms with E-state index in [1.807, 2.05) is 0 Å². The Hall–Kier alpha value is -1.42. The molecule has 0 spiro atoms. The van der Waals surface area contributed by atoms with Gasteiger partial charge >= 0.3 is 0 Å². The molecule has 0 aliphatic heterocycles. The fourth-order valence-corrected chi connectivity index (χ4v) is 0.868. The number of amides is 1. The number of carbonyl (C=O) groups excluding carboxylic acids is 1. The number of nitrogens with two attached hydrogens (primary N) is 1. The fourth-order valence-electron chi connectivity index (χ4n) is 0.868. The molecule has 0 saturated carbocycles. The summed E-state index contributed by atoms with van der Waals surface area (Å²) in [5.41, 5.74) is 6.79. The number of pyridine rings is 1. The van der Waals surface area contributed by atoms with Crippen LogP contribution < -0.4 is 11.1 Å². The van der Waals surface area contributed by atoms with Gasteiger partial charge in [0.15, 0.2) is 0 Å². The van der Waals surface area contributed by atoms with E-state index in [4.69, 9.17) is 5.73 Å². The zero-order valence-electron chi connectivity index (χ0n) is 6.87. The van der Waals surface area contributed by atoms with Gasteiger partial charge in [0.25, 0.3) is 5.91 Å². The van der Waals surface area contributed by atoms with Crippen LogP contribution in [0, 0.1) is 0 Å². The third kappa shape index (κ3) is 1.79. The average Bonchev–Trinajstić information content (AvgIpc) is 2.17. The lowest BCUT2D eigenvalue weighted by atomic mass is 10.2. The summed E-state index contributed by atoms with van der Waals surface area (Å²) in [6, 6.07) is 1.73. The van der Waals surface area contributed by atoms with E-state index < -0.39 is 0 Å². The van der Waals surface area contributed by atoms with E-state index in [-0.39, 0.29) is 5.91 Å². The molecular weight excluding hydrogens is 154 g/mol. The molecule has 0 unspecified atom stereocenters. The smallest absolute Gasteiger partial charge is 0.252 e. The predicted molar refractivity (Wildman–Crippen MR) is 45.5 cm³/mol. The quantitative estimate of drug-likeness (QED) is 0.643. The van der Waals surface area contributed by atoms with Crippen molar-refractivity contribution in [3.8, 4) is 0 Å². The Labute approximate surface area is 70.8 Å². The highest BCUT2D eigenvalue weighted by Crippen LogP contribution is 2.00. The summed E-state index contributed by atoms with van der Waals surface area (Å²) in [5.74, 6) is -0.141. The van der Waals surface area contributed by atoms with Gasteiger partial charge in [-0.15, -0.1) is 0 Å². The molecule has 0 aromatic carbocycles. The lowest BCUT2D eigenvalue weighted by Crippen LogP contribution is -2.18. The monoisotopic (exact) mass is 165 g/mol. The Morgan fingerprint density at radius 3 is 3.00 bits per heavy atom. The average molecular weight is 165 g/mol. The molecule has 1 aromatic rings. The molecule has 1 amide bonds. The first-order valence-corrected chi connectivity index (χ1v) is 3.64. The van der Waals surface area contributed by atoms with E-state index in [0.717, 1.165) is 5.56 Å². The highest BCUT2D eigenvalue weighted by molar-refractivity contribution is 5.93. The number of nitrogens with one attached hydrogen (secondary N) is 1. The Kier molecular flexibility index (Phi) is 2.76. The molecule has 0 radical (unpaired) electrons. The van der Waals surface area contributed by atoms with Gasteiger partial charge in [0.2, 0.25) is 0 Å². The van der Waals surface area contributed by atoms with Crippen molar-refractivity contribution in [3.05, 3.63) is 29.6 Å². The topological polar surface area (TPSA) is 68.0 Å². The summed E-state index contributed by atoms with van der Waals surface area (Å²) in [6.07, 6.45) is 3.16. The van der Waals surface area contributed by atoms with Gasteiger partial charge in [-0.3, -0.25) is 9.78 Å². The van der Waals surface area contributed by atoms with Crippen LogP contribution in [-0.2, 0) is 6.54 Å². The fraction of sp³-hybridized carbons (Fsp3) is 0.250. The maximum Gasteiger partial charge on any atom is 0.252 e. The molecule has 0 saturated heterocycles. The number of hydrogen-bond donors (Lipinski definition) is 2. The summed E-state index contributed by atoms with van der Waals surface area (Å²) in [7, 11) is 1.58. The predicted octanol–water partition coefficient (Wildman–Crippen LogP) is -0.100. The number of rotatable bonds is 2. The number of nitrogens with zero attached hydrogens (tertiary/aromatic N) is 1. The van der Waals surface area contributed by atoms with Crippen molar-refractivity contribution in [2.45, 2.75) is 6.54 Å². The Balaban J connectivity index is 2.93. The minimum atomic E-state index is -0.141. The van der Waals surface area contributed by atoms with E-state index in [1.54, 1.807) is 19.3 Å². The molecule has 1 heterocycles. The summed E-state index contributed by atoms with van der Waals surface area (Å²) in [5, 5.41) is 2.51. The zero-order chi connectivity index (χ0) is 8.97. The maximum atomic E-state index is 11.1. The second-order valence-corrected chi connectivity index (χ2v) is 2.37. The van der Waals surface area contributed by atoms with Crippen LogP contribution in [0.3, 0.4) is 0 Å². The third-order valence-corrected chi connectivity index (χ3v) is 1.52. The molecule has 4 nitrogen and oxygen atoms in total. The summed E-state index contributed by atoms with van der Waals surface area (Å²) in [4.78, 5) is 15.0. The Morgan fingerprint density at radius 1 is 1.67 bits per heavy atom. The van der Waals surface area contributed by atoms with Crippen molar-refractivity contribution in [2.75, 3.05) is 7.05 Å². The molecule has 1 aromatic heterocycles. The molecule has 0 aliphatic rings. The summed E-state index contributed by atoms with van der Waals surface area (Å²) >= 11 is 0. The first-order valence-electron chi connectivity index (χ1n) is 3.64. The van der Waals surface area contributed by atoms with Gasteiger partial charge < -0.3 is 11.1 Å². The van der Waals surface area contributed by atoms with Gasteiger partial charge in [-0.2, -0.15) is 0 Å². The molecule has 12 heavy (non-hydrogen) atoms. The Morgan fingerprint density at radius 2 is 2.42 bits per heavy atom. The molecule has 0 aliphatic carbocycles. The SMILES string of the molecule is CNC(=O)c1cncc(CN)c1. The van der Waals surface area contributed by atoms with Crippen LogP contribution in [0.4, 0.5) is 0 Å². The number of carbonyl (C=O) groups is 1. The van der Waals surface area contributed by atoms with Crippen molar-refractivity contribution < 1.29 is 4.79 Å². The second-order valence-electron chi connectivity index (χ2n) is 2.37. The molecule has 0 fully saturated rings. The molecule has 1 rings (SSSR count). The maximum absolute atomic E-state index is 11.1. The van der Waals surface area contributed by atoms with Crippen LogP contribution in [0.5, 0.6) is 0 Å². The van der Waals surface area contributed by atoms with Crippen molar-refractivity contribution >= 4 is 5.91 Å². The van der Waals surface area contributed by atoms with Crippen molar-refractivity contribution in [1.29, 1.82) is 0 Å². The van der Waals surface area contributed by atoms with Crippen LogP contribution in [-0.4, -0.2) is 17.9 Å². The van der Waals surface area contributed by atoms with Crippen LogP contribution in [0.1, 0.15) is 15.9 Å². The van der Waals surface area contributed by atoms with Crippen LogP contribution in [0.25, 0.3) is 0 Å². The van der Waals surface area contributed by atoms with Gasteiger partial charge in [0, 0.05) is 26.0 Å². The van der Waals surface area contributed by atoms with Gasteiger partial charge in [0.1, 0.15) is 0 Å². The van der Waals surface area contributed by atoms with Gasteiger partial charge in [0.05, 0.1) is 5.56 Å². The van der Waals surface area contributed by atoms with Crippen molar-refractivity contribution in [3.63, 3.8) is 0 Å². The highest BCUT2D eigenvalue weighted by Gasteiger charge is 2.02. The Bertz CT molecular complexity index is 285. The van der Waals surface area contributed by atoms with Crippen LogP contribution >= 0.6 is 0 Å². The van der Waals surface area contributed by atoms with Crippen molar-refractivity contribution in [1.82, 2.24) is 10.3 Å². The van der Waals surface area contributed by atoms with Gasteiger partial charge in [-0.05, 0) is 11.6 Å². The van der Waals surface area contributed by atoms with E-state index in [1.165, 1.54) is 6.20 Å². The van der Waals surface area contributed by atoms with Crippen molar-refractivity contribution in [2.24, 2.45) is 5.73 Å². The third-order valence-electron chi connectivity index (χ3n) is 1.52. The lowest BCUT2D eigenvalue weighted by molar-refractivity contribution is 0.0962. The molecule has 0 atom stereocenters. The van der Waals surface area contributed by atoms with E-state index >= 15 is 0 Å². The molecule has 3 N–H and O–H groups in total. The normalized spacial score (nSPS) is 9.50. The minimum Gasteiger partial charge on any atom is -0.355 e. The largest absolute Gasteiger partial charge is 0.355 e. The zero-order valence-corrected chi connectivity index (χ0v) is 6.87. The van der Waals surface area contributed by atoms with Crippen LogP contribution in [0.2, 0.25) is 0 Å². The number of aromatic nitrogens is 1. The standard InChI is InChI=1S/C8H11N3O/c1-10-8(12)7-2-6(3-9)4-11-5-7/h2,4-5H,3,9H2,1H3,(H,10,12). The minimum absolute atomic E-state index is 0.141. The summed E-state index contributed by atoms with van der Waals surface area (Å²) < 4.78 is 0. The second kappa shape index (κ2) is 3.82. The molecule has 4 heteroatoms. The molecule has 0 bridgehead atoms. The van der Waals surface area contributed by atoms with Gasteiger partial charge in [-0.25, -0.2) is 0 Å². The van der Waals surface area contributed by atoms with E-state index in [2.05, 4.69) is 10.3 Å². The van der Waals surface area contributed by atoms with E-state index in [9.17, 15) is 4.79 Å². The lowest BCUT2D eigenvalue weighted by Gasteiger charge is -2.00. The molecular formula is C8H11N3O. The molecule has 64 valence electrons.